The van der Waals surface area contributed by atoms with E-state index in [1.165, 1.54) is 33.9 Å². The van der Waals surface area contributed by atoms with E-state index in [0.29, 0.717) is 12.5 Å². The van der Waals surface area contributed by atoms with Gasteiger partial charge in [0, 0.05) is 23.5 Å². The number of hydrogen-bond donors (Lipinski definition) is 1. The average molecular weight is 244 g/mol. The highest BCUT2D eigenvalue weighted by atomic mass is 32.1. The van der Waals surface area contributed by atoms with Crippen molar-refractivity contribution < 1.29 is 0 Å². The predicted molar refractivity (Wildman–Crippen MR) is 71.2 cm³/mol. The van der Waals surface area contributed by atoms with Gasteiger partial charge in [-0.1, -0.05) is 24.3 Å². The summed E-state index contributed by atoms with van der Waals surface area (Å²) in [4.78, 5) is 5.72. The fourth-order valence-electron chi connectivity index (χ4n) is 2.51. The van der Waals surface area contributed by atoms with Crippen LogP contribution in [0.4, 0.5) is 0 Å². The highest BCUT2D eigenvalue weighted by Crippen LogP contribution is 2.34. The molecule has 0 amide bonds. The van der Waals surface area contributed by atoms with E-state index >= 15 is 0 Å². The van der Waals surface area contributed by atoms with Crippen LogP contribution in [0.15, 0.2) is 30.5 Å². The molecule has 3 rings (SSSR count). The summed E-state index contributed by atoms with van der Waals surface area (Å²) in [6.45, 7) is 0.612. The summed E-state index contributed by atoms with van der Waals surface area (Å²) in [6, 6.07) is 8.76. The van der Waals surface area contributed by atoms with Crippen molar-refractivity contribution in [3.8, 4) is 0 Å². The third-order valence-electron chi connectivity index (χ3n) is 3.47. The number of thiazole rings is 1. The largest absolute Gasteiger partial charge is 0.326 e. The molecule has 1 aromatic heterocycles. The Labute approximate surface area is 106 Å². The van der Waals surface area contributed by atoms with Crippen LogP contribution in [0.1, 0.15) is 33.4 Å². The first-order chi connectivity index (χ1) is 8.36. The minimum absolute atomic E-state index is 0.593. The Morgan fingerprint density at radius 1 is 1.29 bits per heavy atom. The van der Waals surface area contributed by atoms with E-state index in [1.54, 1.807) is 11.3 Å². The molecule has 2 aromatic rings. The zero-order valence-electron chi connectivity index (χ0n) is 9.73. The van der Waals surface area contributed by atoms with Gasteiger partial charge in [0.1, 0.15) is 0 Å². The van der Waals surface area contributed by atoms with Crippen molar-refractivity contribution in [2.24, 2.45) is 5.73 Å². The Hall–Kier alpha value is -1.19. The van der Waals surface area contributed by atoms with Crippen LogP contribution in [0.2, 0.25) is 0 Å². The maximum Gasteiger partial charge on any atom is 0.0962 e. The van der Waals surface area contributed by atoms with Crippen LogP contribution in [0.25, 0.3) is 0 Å². The monoisotopic (exact) mass is 244 g/mol. The number of benzene rings is 1. The quantitative estimate of drug-likeness (QED) is 0.882. The summed E-state index contributed by atoms with van der Waals surface area (Å²) in [5.41, 5.74) is 8.65. The molecule has 0 saturated carbocycles. The topological polar surface area (TPSA) is 38.9 Å². The summed E-state index contributed by atoms with van der Waals surface area (Å²) in [5.74, 6) is 0.593. The number of aryl methyl sites for hydroxylation is 1. The molecule has 1 aliphatic rings. The predicted octanol–water partition coefficient (Wildman–Crippen LogP) is 2.87. The highest BCUT2D eigenvalue weighted by Gasteiger charge is 2.21. The third-order valence-corrected chi connectivity index (χ3v) is 4.65. The molecule has 0 spiro atoms. The van der Waals surface area contributed by atoms with Crippen LogP contribution in [0.3, 0.4) is 0 Å². The molecule has 3 heteroatoms. The SMILES string of the molecule is NCc1cnc(C2CCc3ccccc3C2)s1. The summed E-state index contributed by atoms with van der Waals surface area (Å²) in [6.07, 6.45) is 5.46. The zero-order valence-corrected chi connectivity index (χ0v) is 10.5. The van der Waals surface area contributed by atoms with Crippen LogP contribution in [0.5, 0.6) is 0 Å². The van der Waals surface area contributed by atoms with Gasteiger partial charge in [-0.05, 0) is 30.4 Å². The van der Waals surface area contributed by atoms with E-state index in [2.05, 4.69) is 29.2 Å². The van der Waals surface area contributed by atoms with E-state index in [4.69, 9.17) is 5.73 Å². The van der Waals surface area contributed by atoms with Gasteiger partial charge in [-0.3, -0.25) is 0 Å². The van der Waals surface area contributed by atoms with Gasteiger partial charge in [0.15, 0.2) is 0 Å². The van der Waals surface area contributed by atoms with E-state index in [-0.39, 0.29) is 0 Å². The molecule has 0 fully saturated rings. The number of aromatic nitrogens is 1. The molecule has 0 bridgehead atoms. The van der Waals surface area contributed by atoms with Crippen LogP contribution < -0.4 is 5.73 Å². The molecule has 0 aliphatic heterocycles. The number of fused-ring (bicyclic) bond motifs is 1. The van der Waals surface area contributed by atoms with E-state index in [1.807, 2.05) is 6.20 Å². The molecule has 88 valence electrons. The maximum atomic E-state index is 5.64. The molecule has 0 saturated heterocycles. The fourth-order valence-corrected chi connectivity index (χ4v) is 3.44. The first kappa shape index (κ1) is 10.9. The summed E-state index contributed by atoms with van der Waals surface area (Å²) in [5, 5.41) is 1.26. The molecule has 1 aromatic carbocycles. The second-order valence-electron chi connectivity index (χ2n) is 4.58. The van der Waals surface area contributed by atoms with Crippen molar-refractivity contribution in [3.63, 3.8) is 0 Å². The summed E-state index contributed by atoms with van der Waals surface area (Å²) < 4.78 is 0. The van der Waals surface area contributed by atoms with Gasteiger partial charge >= 0.3 is 0 Å². The molecule has 1 aliphatic carbocycles. The molecule has 1 atom stereocenters. The minimum atomic E-state index is 0.593. The van der Waals surface area contributed by atoms with Gasteiger partial charge in [0.25, 0.3) is 0 Å². The zero-order chi connectivity index (χ0) is 11.7. The Morgan fingerprint density at radius 2 is 2.12 bits per heavy atom. The van der Waals surface area contributed by atoms with Crippen LogP contribution >= 0.6 is 11.3 Å². The first-order valence-electron chi connectivity index (χ1n) is 6.08. The van der Waals surface area contributed by atoms with Crippen LogP contribution in [-0.4, -0.2) is 4.98 Å². The highest BCUT2D eigenvalue weighted by molar-refractivity contribution is 7.11. The van der Waals surface area contributed by atoms with Crippen molar-refractivity contribution >= 4 is 11.3 Å². The molecule has 1 unspecified atom stereocenters. The number of hydrogen-bond acceptors (Lipinski definition) is 3. The lowest BCUT2D eigenvalue weighted by Gasteiger charge is -2.22. The fraction of sp³-hybridized carbons (Fsp3) is 0.357. The standard InChI is InChI=1S/C14H16N2S/c15-8-13-9-16-14(17-13)12-6-5-10-3-1-2-4-11(10)7-12/h1-4,9,12H,5-8,15H2. The van der Waals surface area contributed by atoms with Gasteiger partial charge in [-0.2, -0.15) is 0 Å². The number of rotatable bonds is 2. The third kappa shape index (κ3) is 2.13. The average Bonchev–Trinajstić information content (AvgIpc) is 2.87. The molecular weight excluding hydrogens is 228 g/mol. The Balaban J connectivity index is 1.84. The van der Waals surface area contributed by atoms with Gasteiger partial charge in [0.2, 0.25) is 0 Å². The van der Waals surface area contributed by atoms with Crippen molar-refractivity contribution in [3.05, 3.63) is 51.5 Å². The van der Waals surface area contributed by atoms with E-state index in [9.17, 15) is 0 Å². The first-order valence-corrected chi connectivity index (χ1v) is 6.90. The van der Waals surface area contributed by atoms with Gasteiger partial charge in [0.05, 0.1) is 5.01 Å². The summed E-state index contributed by atoms with van der Waals surface area (Å²) >= 11 is 1.78. The lowest BCUT2D eigenvalue weighted by atomic mass is 9.84. The van der Waals surface area contributed by atoms with Crippen molar-refractivity contribution in [1.82, 2.24) is 4.98 Å². The van der Waals surface area contributed by atoms with Gasteiger partial charge < -0.3 is 5.73 Å². The van der Waals surface area contributed by atoms with E-state index < -0.39 is 0 Å². The Morgan fingerprint density at radius 3 is 2.88 bits per heavy atom. The van der Waals surface area contributed by atoms with Crippen molar-refractivity contribution in [1.29, 1.82) is 0 Å². The second kappa shape index (κ2) is 4.59. The molecule has 1 heterocycles. The smallest absolute Gasteiger partial charge is 0.0962 e. The Kier molecular flexibility index (Phi) is 2.95. The maximum absolute atomic E-state index is 5.64. The molecule has 2 nitrogen and oxygen atoms in total. The molecule has 0 radical (unpaired) electrons. The minimum Gasteiger partial charge on any atom is -0.326 e. The lowest BCUT2D eigenvalue weighted by molar-refractivity contribution is 0.582. The van der Waals surface area contributed by atoms with Crippen molar-refractivity contribution in [2.75, 3.05) is 0 Å². The van der Waals surface area contributed by atoms with Crippen LogP contribution in [-0.2, 0) is 19.4 Å². The van der Waals surface area contributed by atoms with Crippen LogP contribution in [0, 0.1) is 0 Å². The molecular formula is C14H16N2S. The molecule has 2 N–H and O–H groups in total. The Bertz CT molecular complexity index is 518. The second-order valence-corrected chi connectivity index (χ2v) is 5.72. The molecule has 17 heavy (non-hydrogen) atoms. The number of nitrogens with two attached hydrogens (primary N) is 1. The van der Waals surface area contributed by atoms with E-state index in [0.717, 1.165) is 6.42 Å². The normalized spacial score (nSPS) is 19.0. The van der Waals surface area contributed by atoms with Gasteiger partial charge in [-0.15, -0.1) is 11.3 Å². The number of nitrogens with zero attached hydrogens (tertiary/aromatic N) is 1. The van der Waals surface area contributed by atoms with Gasteiger partial charge in [-0.25, -0.2) is 4.98 Å². The lowest BCUT2D eigenvalue weighted by Crippen LogP contribution is -2.12. The van der Waals surface area contributed by atoms with Crippen molar-refractivity contribution in [2.45, 2.75) is 31.7 Å². The summed E-state index contributed by atoms with van der Waals surface area (Å²) in [7, 11) is 0.